The molecule has 5 aromatic rings. The second kappa shape index (κ2) is 8.67. The highest BCUT2D eigenvalue weighted by Crippen LogP contribution is 2.31. The number of alkyl halides is 3. The van der Waals surface area contributed by atoms with Gasteiger partial charge < -0.3 is 9.47 Å². The maximum absolute atomic E-state index is 13.9. The average molecular weight is 490 g/mol. The lowest BCUT2D eigenvalue weighted by Crippen LogP contribution is -2.34. The Morgan fingerprint density at radius 3 is 2.22 bits per heavy atom. The molecule has 182 valence electrons. The number of nitrogens with zero attached hydrogens (tertiary/aromatic N) is 4. The van der Waals surface area contributed by atoms with Crippen LogP contribution in [-0.4, -0.2) is 26.8 Å². The van der Waals surface area contributed by atoms with Crippen molar-refractivity contribution in [3.63, 3.8) is 0 Å². The molecule has 2 heterocycles. The van der Waals surface area contributed by atoms with Crippen molar-refractivity contribution in [3.8, 4) is 5.69 Å². The summed E-state index contributed by atoms with van der Waals surface area (Å²) < 4.78 is 42.0. The van der Waals surface area contributed by atoms with Crippen molar-refractivity contribution in [2.24, 2.45) is 7.05 Å². The van der Waals surface area contributed by atoms with E-state index in [1.54, 1.807) is 28.6 Å². The standard InChI is InChI=1S/C27H21F3N4O2/c1-3-33(18-9-5-4-6-10-18)25(35)23-22-20-11-7-8-12-21(20)32(2)24(22)26(36)34(31-23)19-15-13-17(14-16-19)27(28,29)30/h4-16H,3H2,1-2H3. The Balaban J connectivity index is 1.81. The molecule has 3 aromatic carbocycles. The summed E-state index contributed by atoms with van der Waals surface area (Å²) in [7, 11) is 1.71. The summed E-state index contributed by atoms with van der Waals surface area (Å²) in [6.07, 6.45) is -4.52. The van der Waals surface area contributed by atoms with Crippen molar-refractivity contribution in [1.82, 2.24) is 14.3 Å². The third-order valence-electron chi connectivity index (χ3n) is 6.21. The monoisotopic (exact) mass is 490 g/mol. The van der Waals surface area contributed by atoms with Crippen molar-refractivity contribution in [2.75, 3.05) is 11.4 Å². The maximum atomic E-state index is 13.9. The van der Waals surface area contributed by atoms with Gasteiger partial charge in [-0.15, -0.1) is 0 Å². The molecule has 0 aliphatic heterocycles. The molecule has 9 heteroatoms. The molecule has 0 saturated heterocycles. The molecule has 0 radical (unpaired) electrons. The van der Waals surface area contributed by atoms with Crippen molar-refractivity contribution in [3.05, 3.63) is 100 Å². The molecule has 36 heavy (non-hydrogen) atoms. The van der Waals surface area contributed by atoms with Crippen LogP contribution in [-0.2, 0) is 13.2 Å². The topological polar surface area (TPSA) is 60.1 Å². The smallest absolute Gasteiger partial charge is 0.339 e. The van der Waals surface area contributed by atoms with Crippen LogP contribution in [0.4, 0.5) is 18.9 Å². The Hall–Kier alpha value is -4.40. The van der Waals surface area contributed by atoms with Gasteiger partial charge in [0.2, 0.25) is 0 Å². The number of fused-ring (bicyclic) bond motifs is 3. The minimum absolute atomic E-state index is 0.0343. The summed E-state index contributed by atoms with van der Waals surface area (Å²) in [5.41, 5.74) is 0.397. The summed E-state index contributed by atoms with van der Waals surface area (Å²) in [5.74, 6) is -0.425. The van der Waals surface area contributed by atoms with E-state index in [0.717, 1.165) is 22.3 Å². The molecule has 0 aliphatic carbocycles. The van der Waals surface area contributed by atoms with Crippen LogP contribution in [0, 0.1) is 0 Å². The Bertz CT molecular complexity index is 1650. The van der Waals surface area contributed by atoms with Gasteiger partial charge in [-0.1, -0.05) is 36.4 Å². The van der Waals surface area contributed by atoms with E-state index in [9.17, 15) is 22.8 Å². The lowest BCUT2D eigenvalue weighted by molar-refractivity contribution is -0.137. The average Bonchev–Trinajstić information content (AvgIpc) is 3.18. The fraction of sp³-hybridized carbons (Fsp3) is 0.148. The summed E-state index contributed by atoms with van der Waals surface area (Å²) >= 11 is 0. The zero-order chi connectivity index (χ0) is 25.6. The van der Waals surface area contributed by atoms with Gasteiger partial charge in [0.15, 0.2) is 5.69 Å². The normalized spacial score (nSPS) is 11.8. The van der Waals surface area contributed by atoms with Crippen LogP contribution in [0.15, 0.2) is 83.7 Å². The van der Waals surface area contributed by atoms with Crippen LogP contribution in [0.1, 0.15) is 23.0 Å². The fourth-order valence-corrected chi connectivity index (χ4v) is 4.47. The van der Waals surface area contributed by atoms with E-state index in [1.807, 2.05) is 49.4 Å². The van der Waals surface area contributed by atoms with E-state index >= 15 is 0 Å². The minimum atomic E-state index is -4.52. The van der Waals surface area contributed by atoms with Crippen LogP contribution in [0.3, 0.4) is 0 Å². The molecule has 1 amide bonds. The number of rotatable bonds is 4. The number of hydrogen-bond donors (Lipinski definition) is 0. The fourth-order valence-electron chi connectivity index (χ4n) is 4.47. The van der Waals surface area contributed by atoms with Crippen LogP contribution >= 0.6 is 0 Å². The van der Waals surface area contributed by atoms with Crippen molar-refractivity contribution >= 4 is 33.4 Å². The van der Waals surface area contributed by atoms with Crippen molar-refractivity contribution in [2.45, 2.75) is 13.1 Å². The number of halogens is 3. The molecule has 0 spiro atoms. The lowest BCUT2D eigenvalue weighted by atomic mass is 10.1. The SMILES string of the molecule is CCN(C(=O)c1nn(-c2ccc(C(F)(F)F)cc2)c(=O)c2c1c1ccccc1n2C)c1ccccc1. The molecule has 0 N–H and O–H groups in total. The molecular formula is C27H21F3N4O2. The van der Waals surface area contributed by atoms with E-state index in [-0.39, 0.29) is 16.9 Å². The van der Waals surface area contributed by atoms with Crippen LogP contribution in [0.5, 0.6) is 0 Å². The molecular weight excluding hydrogens is 469 g/mol. The first-order valence-corrected chi connectivity index (χ1v) is 11.3. The minimum Gasteiger partial charge on any atom is -0.339 e. The summed E-state index contributed by atoms with van der Waals surface area (Å²) in [6, 6.07) is 20.5. The predicted molar refractivity (Wildman–Crippen MR) is 133 cm³/mol. The quantitative estimate of drug-likeness (QED) is 0.331. The van der Waals surface area contributed by atoms with Gasteiger partial charge >= 0.3 is 6.18 Å². The molecule has 0 saturated carbocycles. The van der Waals surface area contributed by atoms with Crippen molar-refractivity contribution in [1.29, 1.82) is 0 Å². The molecule has 0 fully saturated rings. The van der Waals surface area contributed by atoms with Gasteiger partial charge in [0.05, 0.1) is 11.3 Å². The molecule has 2 aromatic heterocycles. The Morgan fingerprint density at radius 1 is 0.944 bits per heavy atom. The number of para-hydroxylation sites is 2. The first-order valence-electron chi connectivity index (χ1n) is 11.3. The van der Waals surface area contributed by atoms with Crippen molar-refractivity contribution < 1.29 is 18.0 Å². The Labute approximate surface area is 203 Å². The largest absolute Gasteiger partial charge is 0.416 e. The highest BCUT2D eigenvalue weighted by Gasteiger charge is 2.31. The van der Waals surface area contributed by atoms with E-state index in [1.165, 1.54) is 12.1 Å². The van der Waals surface area contributed by atoms with E-state index < -0.39 is 23.2 Å². The van der Waals surface area contributed by atoms with Gasteiger partial charge in [-0.05, 0) is 49.4 Å². The van der Waals surface area contributed by atoms with Gasteiger partial charge in [-0.25, -0.2) is 0 Å². The number of benzene rings is 3. The maximum Gasteiger partial charge on any atom is 0.416 e. The molecule has 5 rings (SSSR count). The number of anilines is 1. The predicted octanol–water partition coefficient (Wildman–Crippen LogP) is 5.56. The van der Waals surface area contributed by atoms with Gasteiger partial charge in [-0.2, -0.15) is 23.0 Å². The van der Waals surface area contributed by atoms with Crippen LogP contribution in [0.25, 0.3) is 27.5 Å². The third kappa shape index (κ3) is 3.73. The van der Waals surface area contributed by atoms with Crippen LogP contribution < -0.4 is 10.5 Å². The first kappa shape index (κ1) is 23.3. The lowest BCUT2D eigenvalue weighted by Gasteiger charge is -2.21. The van der Waals surface area contributed by atoms with Crippen LogP contribution in [0.2, 0.25) is 0 Å². The second-order valence-electron chi connectivity index (χ2n) is 8.29. The first-order chi connectivity index (χ1) is 17.2. The Morgan fingerprint density at radius 2 is 1.58 bits per heavy atom. The van der Waals surface area contributed by atoms with E-state index in [4.69, 9.17) is 0 Å². The van der Waals surface area contributed by atoms with Gasteiger partial charge in [0.25, 0.3) is 11.5 Å². The zero-order valence-corrected chi connectivity index (χ0v) is 19.5. The van der Waals surface area contributed by atoms with E-state index in [0.29, 0.717) is 23.0 Å². The summed E-state index contributed by atoms with van der Waals surface area (Å²) in [6.45, 7) is 2.17. The number of carbonyl (C=O) groups is 1. The summed E-state index contributed by atoms with van der Waals surface area (Å²) in [5, 5.41) is 5.53. The number of amides is 1. The number of aryl methyl sites for hydroxylation is 1. The van der Waals surface area contributed by atoms with Gasteiger partial charge in [-0.3, -0.25) is 9.59 Å². The Kier molecular flexibility index (Phi) is 5.62. The highest BCUT2D eigenvalue weighted by atomic mass is 19.4. The molecule has 0 bridgehead atoms. The number of carbonyl (C=O) groups excluding carboxylic acids is 1. The molecule has 6 nitrogen and oxygen atoms in total. The van der Waals surface area contributed by atoms with Gasteiger partial charge in [0.1, 0.15) is 5.52 Å². The van der Waals surface area contributed by atoms with Gasteiger partial charge in [0, 0.05) is 35.6 Å². The number of hydrogen-bond acceptors (Lipinski definition) is 3. The molecule has 0 aliphatic rings. The second-order valence-corrected chi connectivity index (χ2v) is 8.29. The highest BCUT2D eigenvalue weighted by molar-refractivity contribution is 6.20. The third-order valence-corrected chi connectivity index (χ3v) is 6.21. The summed E-state index contributed by atoms with van der Waals surface area (Å²) in [4.78, 5) is 29.1. The zero-order valence-electron chi connectivity index (χ0n) is 19.5. The van der Waals surface area contributed by atoms with E-state index in [2.05, 4.69) is 5.10 Å². The molecule has 0 atom stereocenters. The molecule has 0 unspecified atom stereocenters. The number of aromatic nitrogens is 3.